The van der Waals surface area contributed by atoms with Crippen LogP contribution in [0.15, 0.2) is 24.3 Å². The summed E-state index contributed by atoms with van der Waals surface area (Å²) >= 11 is 0. The van der Waals surface area contributed by atoms with Gasteiger partial charge < -0.3 is 20.3 Å². The van der Waals surface area contributed by atoms with E-state index >= 15 is 0 Å². The lowest BCUT2D eigenvalue weighted by Gasteiger charge is -2.23. The summed E-state index contributed by atoms with van der Waals surface area (Å²) in [6, 6.07) is 7.42. The lowest BCUT2D eigenvalue weighted by atomic mass is 9.96. The molecule has 2 saturated heterocycles. The quantitative estimate of drug-likeness (QED) is 0.790. The van der Waals surface area contributed by atoms with Gasteiger partial charge in [-0.05, 0) is 50.4 Å². The number of nitrogens with zero attached hydrogens (tertiary/aromatic N) is 1. The van der Waals surface area contributed by atoms with Gasteiger partial charge in [0.15, 0.2) is 0 Å². The Kier molecular flexibility index (Phi) is 7.72. The van der Waals surface area contributed by atoms with Crippen molar-refractivity contribution in [1.29, 1.82) is 0 Å². The average Bonchev–Trinajstić information content (AvgIpc) is 3.04. The van der Waals surface area contributed by atoms with Gasteiger partial charge in [-0.25, -0.2) is 0 Å². The molecule has 2 aliphatic rings. The summed E-state index contributed by atoms with van der Waals surface area (Å²) in [6.07, 6.45) is 3.69. The smallest absolute Gasteiger partial charge is 0.227 e. The molecule has 3 rings (SSSR count). The number of amides is 2. The summed E-state index contributed by atoms with van der Waals surface area (Å²) < 4.78 is 5.33. The number of piperidine rings is 1. The summed E-state index contributed by atoms with van der Waals surface area (Å²) in [4.78, 5) is 26.4. The molecular formula is C19H28ClN3O3. The molecule has 2 heterocycles. The first-order valence-corrected chi connectivity index (χ1v) is 9.11. The van der Waals surface area contributed by atoms with Crippen molar-refractivity contribution in [3.63, 3.8) is 0 Å². The maximum Gasteiger partial charge on any atom is 0.227 e. The fourth-order valence-electron chi connectivity index (χ4n) is 3.68. The second-order valence-electron chi connectivity index (χ2n) is 6.87. The fourth-order valence-corrected chi connectivity index (χ4v) is 3.68. The zero-order chi connectivity index (χ0) is 17.6. The van der Waals surface area contributed by atoms with Gasteiger partial charge in [0.25, 0.3) is 0 Å². The standard InChI is InChI=1S/C19H27N3O3.ClH/c1-25-17-7-3-2-6-16(17)22-13-15(11-18(22)23)19(24)21-10-8-14-5-4-9-20-12-14;/h2-3,6-7,14-15,20H,4-5,8-13H2,1H3,(H,21,24);1H. The molecule has 2 unspecified atom stereocenters. The topological polar surface area (TPSA) is 70.7 Å². The summed E-state index contributed by atoms with van der Waals surface area (Å²) in [5, 5.41) is 6.41. The minimum atomic E-state index is -0.290. The van der Waals surface area contributed by atoms with Crippen LogP contribution in [-0.4, -0.2) is 45.1 Å². The first-order chi connectivity index (χ1) is 12.2. The number of methoxy groups -OCH3 is 1. The van der Waals surface area contributed by atoms with Crippen LogP contribution in [0.4, 0.5) is 5.69 Å². The first kappa shape index (κ1) is 20.5. The van der Waals surface area contributed by atoms with Crippen molar-refractivity contribution in [3.05, 3.63) is 24.3 Å². The third-order valence-electron chi connectivity index (χ3n) is 5.12. The molecule has 144 valence electrons. The van der Waals surface area contributed by atoms with Crippen molar-refractivity contribution in [2.75, 3.05) is 38.2 Å². The third-order valence-corrected chi connectivity index (χ3v) is 5.12. The van der Waals surface area contributed by atoms with Crippen LogP contribution in [0.2, 0.25) is 0 Å². The number of carbonyl (C=O) groups excluding carboxylic acids is 2. The Morgan fingerprint density at radius 3 is 2.92 bits per heavy atom. The van der Waals surface area contributed by atoms with Crippen LogP contribution in [0, 0.1) is 11.8 Å². The van der Waals surface area contributed by atoms with E-state index in [-0.39, 0.29) is 36.6 Å². The number of nitrogens with one attached hydrogen (secondary N) is 2. The minimum absolute atomic E-state index is 0. The van der Waals surface area contributed by atoms with E-state index in [1.807, 2.05) is 24.3 Å². The second-order valence-corrected chi connectivity index (χ2v) is 6.87. The Morgan fingerprint density at radius 1 is 1.38 bits per heavy atom. The Labute approximate surface area is 161 Å². The molecule has 0 saturated carbocycles. The largest absolute Gasteiger partial charge is 0.495 e. The highest BCUT2D eigenvalue weighted by Gasteiger charge is 2.36. The van der Waals surface area contributed by atoms with Gasteiger partial charge in [-0.15, -0.1) is 12.4 Å². The van der Waals surface area contributed by atoms with Crippen LogP contribution in [0.1, 0.15) is 25.7 Å². The van der Waals surface area contributed by atoms with E-state index in [2.05, 4.69) is 10.6 Å². The van der Waals surface area contributed by atoms with Crippen molar-refractivity contribution in [3.8, 4) is 5.75 Å². The van der Waals surface area contributed by atoms with Gasteiger partial charge in [-0.1, -0.05) is 12.1 Å². The second kappa shape index (κ2) is 9.78. The summed E-state index contributed by atoms with van der Waals surface area (Å²) in [5.41, 5.74) is 0.735. The van der Waals surface area contributed by atoms with Gasteiger partial charge in [0.2, 0.25) is 11.8 Å². The van der Waals surface area contributed by atoms with Crippen LogP contribution >= 0.6 is 12.4 Å². The predicted molar refractivity (Wildman–Crippen MR) is 104 cm³/mol. The van der Waals surface area contributed by atoms with Gasteiger partial charge >= 0.3 is 0 Å². The fraction of sp³-hybridized carbons (Fsp3) is 0.579. The Morgan fingerprint density at radius 2 is 2.19 bits per heavy atom. The SMILES string of the molecule is COc1ccccc1N1CC(C(=O)NCCC2CCCNC2)CC1=O.Cl. The van der Waals surface area contributed by atoms with Crippen molar-refractivity contribution < 1.29 is 14.3 Å². The van der Waals surface area contributed by atoms with E-state index in [9.17, 15) is 9.59 Å². The molecule has 2 atom stereocenters. The normalized spacial score (nSPS) is 22.7. The molecule has 0 spiro atoms. The van der Waals surface area contributed by atoms with Gasteiger partial charge in [0, 0.05) is 19.5 Å². The van der Waals surface area contributed by atoms with Crippen LogP contribution in [-0.2, 0) is 9.59 Å². The van der Waals surface area contributed by atoms with Crippen LogP contribution in [0.25, 0.3) is 0 Å². The molecule has 26 heavy (non-hydrogen) atoms. The summed E-state index contributed by atoms with van der Waals surface area (Å²) in [6.45, 7) is 3.24. The minimum Gasteiger partial charge on any atom is -0.495 e. The number of halogens is 1. The molecule has 7 heteroatoms. The number of hydrogen-bond acceptors (Lipinski definition) is 4. The summed E-state index contributed by atoms with van der Waals surface area (Å²) in [7, 11) is 1.59. The van der Waals surface area contributed by atoms with Gasteiger partial charge in [0.1, 0.15) is 5.75 Å². The Balaban J connectivity index is 0.00000243. The van der Waals surface area contributed by atoms with Crippen LogP contribution in [0.5, 0.6) is 5.75 Å². The van der Waals surface area contributed by atoms with Crippen LogP contribution in [0.3, 0.4) is 0 Å². The van der Waals surface area contributed by atoms with E-state index in [1.54, 1.807) is 12.0 Å². The highest BCUT2D eigenvalue weighted by molar-refractivity contribution is 6.01. The van der Waals surface area contributed by atoms with Crippen molar-refractivity contribution in [1.82, 2.24) is 10.6 Å². The highest BCUT2D eigenvalue weighted by atomic mass is 35.5. The third kappa shape index (κ3) is 4.89. The monoisotopic (exact) mass is 381 g/mol. The number of anilines is 1. The Bertz CT molecular complexity index is 620. The maximum absolute atomic E-state index is 12.4. The van der Waals surface area contributed by atoms with E-state index in [4.69, 9.17) is 4.74 Å². The van der Waals surface area contributed by atoms with E-state index in [1.165, 1.54) is 12.8 Å². The molecule has 0 aliphatic carbocycles. The molecule has 1 aromatic rings. The molecular weight excluding hydrogens is 354 g/mol. The zero-order valence-corrected chi connectivity index (χ0v) is 16.0. The lowest BCUT2D eigenvalue weighted by Crippen LogP contribution is -2.36. The number of hydrogen-bond donors (Lipinski definition) is 2. The Hall–Kier alpha value is -1.79. The predicted octanol–water partition coefficient (Wildman–Crippen LogP) is 1.98. The molecule has 6 nitrogen and oxygen atoms in total. The zero-order valence-electron chi connectivity index (χ0n) is 15.2. The lowest BCUT2D eigenvalue weighted by molar-refractivity contribution is -0.126. The van der Waals surface area contributed by atoms with Crippen LogP contribution < -0.4 is 20.3 Å². The molecule has 2 amide bonds. The molecule has 0 bridgehead atoms. The van der Waals surface area contributed by atoms with Gasteiger partial charge in [-0.2, -0.15) is 0 Å². The molecule has 2 fully saturated rings. The summed E-state index contributed by atoms with van der Waals surface area (Å²) in [5.74, 6) is 0.962. The number of ether oxygens (including phenoxy) is 1. The molecule has 0 aromatic heterocycles. The number of benzene rings is 1. The molecule has 2 N–H and O–H groups in total. The molecule has 2 aliphatic heterocycles. The molecule has 1 aromatic carbocycles. The van der Waals surface area contributed by atoms with Crippen molar-refractivity contribution in [2.45, 2.75) is 25.7 Å². The van der Waals surface area contributed by atoms with E-state index < -0.39 is 0 Å². The van der Waals surface area contributed by atoms with Gasteiger partial charge in [0.05, 0.1) is 18.7 Å². The average molecular weight is 382 g/mol. The van der Waals surface area contributed by atoms with Gasteiger partial charge in [-0.3, -0.25) is 9.59 Å². The van der Waals surface area contributed by atoms with Crippen molar-refractivity contribution in [2.24, 2.45) is 11.8 Å². The highest BCUT2D eigenvalue weighted by Crippen LogP contribution is 2.32. The van der Waals surface area contributed by atoms with E-state index in [0.717, 1.165) is 25.2 Å². The number of para-hydroxylation sites is 2. The first-order valence-electron chi connectivity index (χ1n) is 9.11. The maximum atomic E-state index is 12.4. The number of carbonyl (C=O) groups is 2. The van der Waals surface area contributed by atoms with Crippen molar-refractivity contribution >= 4 is 29.9 Å². The molecule has 0 radical (unpaired) electrons. The van der Waals surface area contributed by atoms with E-state index in [0.29, 0.717) is 24.8 Å². The number of rotatable bonds is 6.